The van der Waals surface area contributed by atoms with Gasteiger partial charge in [0.15, 0.2) is 0 Å². The first-order valence-corrected chi connectivity index (χ1v) is 11.8. The number of Topliss-reactive ketones (excluding diaryl/α,β-unsaturated/α-hetero) is 1. The molecule has 5 heteroatoms. The fourth-order valence-electron chi connectivity index (χ4n) is 4.29. The van der Waals surface area contributed by atoms with Gasteiger partial charge in [-0.2, -0.15) is 0 Å². The number of hydrogen-bond donors (Lipinski definition) is 1. The lowest BCUT2D eigenvalue weighted by atomic mass is 9.87. The van der Waals surface area contributed by atoms with Gasteiger partial charge in [0.1, 0.15) is 11.5 Å². The molecule has 0 radical (unpaired) electrons. The zero-order valence-electron chi connectivity index (χ0n) is 20.8. The molecule has 0 bridgehead atoms. The van der Waals surface area contributed by atoms with Crippen LogP contribution in [0.5, 0.6) is 5.75 Å². The number of aliphatic hydroxyl groups is 1. The number of carbonyl (C=O) groups is 2. The Hall–Kier alpha value is -3.86. The number of carbonyl (C=O) groups excluding carboxylic acids is 2. The SMILES string of the molecule is CC(C)Oc1ccc(C2/C(=C(\O)c3ccccc3)C(=O)C(=O)N2c2ccc(C(C)(C)C)cc2)cc1. The van der Waals surface area contributed by atoms with Crippen molar-refractivity contribution in [3.8, 4) is 5.75 Å². The molecule has 1 aliphatic heterocycles. The summed E-state index contributed by atoms with van der Waals surface area (Å²) in [5.41, 5.74) is 2.93. The predicted octanol–water partition coefficient (Wildman–Crippen LogP) is 6.40. The second-order valence-corrected chi connectivity index (χ2v) is 10.1. The highest BCUT2D eigenvalue weighted by Gasteiger charge is 2.47. The Kier molecular flexibility index (Phi) is 6.53. The zero-order valence-corrected chi connectivity index (χ0v) is 20.8. The van der Waals surface area contributed by atoms with Crippen LogP contribution in [-0.4, -0.2) is 22.9 Å². The van der Waals surface area contributed by atoms with E-state index < -0.39 is 17.7 Å². The molecule has 1 heterocycles. The van der Waals surface area contributed by atoms with Gasteiger partial charge >= 0.3 is 0 Å². The van der Waals surface area contributed by atoms with Crippen LogP contribution in [0, 0.1) is 0 Å². The summed E-state index contributed by atoms with van der Waals surface area (Å²) >= 11 is 0. The van der Waals surface area contributed by atoms with Crippen molar-refractivity contribution in [2.24, 2.45) is 0 Å². The summed E-state index contributed by atoms with van der Waals surface area (Å²) in [4.78, 5) is 28.1. The third kappa shape index (κ3) is 4.85. The van der Waals surface area contributed by atoms with Crippen LogP contribution in [0.3, 0.4) is 0 Å². The number of ketones is 1. The Morgan fingerprint density at radius 2 is 1.49 bits per heavy atom. The van der Waals surface area contributed by atoms with E-state index in [-0.39, 0.29) is 22.9 Å². The molecule has 1 aliphatic rings. The molecule has 1 fully saturated rings. The van der Waals surface area contributed by atoms with Gasteiger partial charge in [-0.05, 0) is 54.7 Å². The minimum atomic E-state index is -0.774. The van der Waals surface area contributed by atoms with Crippen LogP contribution in [0.1, 0.15) is 57.4 Å². The number of rotatable bonds is 5. The van der Waals surface area contributed by atoms with E-state index in [0.717, 1.165) is 5.56 Å². The smallest absolute Gasteiger partial charge is 0.300 e. The van der Waals surface area contributed by atoms with Crippen molar-refractivity contribution in [2.75, 3.05) is 4.90 Å². The molecule has 1 atom stereocenters. The van der Waals surface area contributed by atoms with E-state index in [1.807, 2.05) is 68.4 Å². The minimum Gasteiger partial charge on any atom is -0.507 e. The number of amides is 1. The standard InChI is InChI=1S/C30H31NO4/c1-19(2)35-24-17-11-20(12-18-24)26-25(27(32)21-9-7-6-8-10-21)28(33)29(34)31(26)23-15-13-22(14-16-23)30(3,4)5/h6-19,26,32H,1-5H3/b27-25+. The summed E-state index contributed by atoms with van der Waals surface area (Å²) in [6, 6.07) is 23.0. The molecule has 5 nitrogen and oxygen atoms in total. The first-order chi connectivity index (χ1) is 16.6. The van der Waals surface area contributed by atoms with Crippen LogP contribution in [0.15, 0.2) is 84.4 Å². The molecule has 180 valence electrons. The number of benzene rings is 3. The number of aliphatic hydroxyl groups excluding tert-OH is 1. The van der Waals surface area contributed by atoms with E-state index in [4.69, 9.17) is 4.74 Å². The molecule has 0 aromatic heterocycles. The van der Waals surface area contributed by atoms with Crippen molar-refractivity contribution in [3.05, 3.63) is 101 Å². The largest absolute Gasteiger partial charge is 0.507 e. The molecule has 3 aromatic carbocycles. The van der Waals surface area contributed by atoms with Crippen LogP contribution in [0.4, 0.5) is 5.69 Å². The van der Waals surface area contributed by atoms with Crippen molar-refractivity contribution < 1.29 is 19.4 Å². The van der Waals surface area contributed by atoms with Crippen molar-refractivity contribution in [3.63, 3.8) is 0 Å². The maximum absolute atomic E-state index is 13.3. The molecular weight excluding hydrogens is 438 g/mol. The van der Waals surface area contributed by atoms with Crippen LogP contribution < -0.4 is 9.64 Å². The van der Waals surface area contributed by atoms with E-state index in [1.165, 1.54) is 4.90 Å². The van der Waals surface area contributed by atoms with E-state index in [2.05, 4.69) is 20.8 Å². The molecule has 1 N–H and O–H groups in total. The Morgan fingerprint density at radius 1 is 0.886 bits per heavy atom. The summed E-state index contributed by atoms with van der Waals surface area (Å²) in [7, 11) is 0. The van der Waals surface area contributed by atoms with E-state index in [0.29, 0.717) is 22.6 Å². The van der Waals surface area contributed by atoms with Gasteiger partial charge in [-0.3, -0.25) is 14.5 Å². The van der Waals surface area contributed by atoms with Gasteiger partial charge in [0.25, 0.3) is 11.7 Å². The van der Waals surface area contributed by atoms with E-state index in [9.17, 15) is 14.7 Å². The zero-order chi connectivity index (χ0) is 25.3. The molecule has 1 unspecified atom stereocenters. The molecule has 4 rings (SSSR count). The third-order valence-electron chi connectivity index (χ3n) is 6.07. The molecule has 1 saturated heterocycles. The summed E-state index contributed by atoms with van der Waals surface area (Å²) in [5, 5.41) is 11.2. The van der Waals surface area contributed by atoms with Crippen LogP contribution >= 0.6 is 0 Å². The van der Waals surface area contributed by atoms with Gasteiger partial charge in [-0.15, -0.1) is 0 Å². The van der Waals surface area contributed by atoms with E-state index >= 15 is 0 Å². The van der Waals surface area contributed by atoms with Crippen LogP contribution in [-0.2, 0) is 15.0 Å². The average molecular weight is 470 g/mol. The highest BCUT2D eigenvalue weighted by Crippen LogP contribution is 2.42. The quantitative estimate of drug-likeness (QED) is 0.267. The first-order valence-electron chi connectivity index (χ1n) is 11.8. The molecular formula is C30H31NO4. The molecule has 0 spiro atoms. The number of ether oxygens (including phenoxy) is 1. The van der Waals surface area contributed by atoms with Gasteiger partial charge < -0.3 is 9.84 Å². The summed E-state index contributed by atoms with van der Waals surface area (Å²) in [6.45, 7) is 10.3. The molecule has 0 aliphatic carbocycles. The Labute approximate surface area is 206 Å². The molecule has 3 aromatic rings. The minimum absolute atomic E-state index is 0.0193. The normalized spacial score (nSPS) is 17.8. The topological polar surface area (TPSA) is 66.8 Å². The van der Waals surface area contributed by atoms with Gasteiger partial charge in [-0.1, -0.05) is 75.4 Å². The second kappa shape index (κ2) is 9.41. The van der Waals surface area contributed by atoms with Gasteiger partial charge in [-0.25, -0.2) is 0 Å². The predicted molar refractivity (Wildman–Crippen MR) is 139 cm³/mol. The van der Waals surface area contributed by atoms with Crippen molar-refractivity contribution in [1.29, 1.82) is 0 Å². The Balaban J connectivity index is 1.86. The van der Waals surface area contributed by atoms with Crippen molar-refractivity contribution >= 4 is 23.1 Å². The average Bonchev–Trinajstić information content (AvgIpc) is 3.09. The van der Waals surface area contributed by atoms with Gasteiger partial charge in [0.2, 0.25) is 0 Å². The molecule has 0 saturated carbocycles. The van der Waals surface area contributed by atoms with Gasteiger partial charge in [0.05, 0.1) is 17.7 Å². The van der Waals surface area contributed by atoms with Crippen LogP contribution in [0.25, 0.3) is 5.76 Å². The first kappa shape index (κ1) is 24.3. The highest BCUT2D eigenvalue weighted by atomic mass is 16.5. The third-order valence-corrected chi connectivity index (χ3v) is 6.07. The lowest BCUT2D eigenvalue weighted by molar-refractivity contribution is -0.132. The Bertz CT molecular complexity index is 1250. The maximum Gasteiger partial charge on any atom is 0.300 e. The van der Waals surface area contributed by atoms with Crippen LogP contribution in [0.2, 0.25) is 0 Å². The lowest BCUT2D eigenvalue weighted by Crippen LogP contribution is -2.29. The second-order valence-electron chi connectivity index (χ2n) is 10.1. The van der Waals surface area contributed by atoms with Gasteiger partial charge in [0, 0.05) is 11.3 Å². The molecule has 35 heavy (non-hydrogen) atoms. The van der Waals surface area contributed by atoms with Crippen molar-refractivity contribution in [2.45, 2.75) is 52.2 Å². The number of anilines is 1. The lowest BCUT2D eigenvalue weighted by Gasteiger charge is -2.27. The summed E-state index contributed by atoms with van der Waals surface area (Å²) in [6.07, 6.45) is 0.0193. The number of hydrogen-bond acceptors (Lipinski definition) is 4. The number of nitrogens with zero attached hydrogens (tertiary/aromatic N) is 1. The monoisotopic (exact) mass is 469 g/mol. The van der Waals surface area contributed by atoms with E-state index in [1.54, 1.807) is 24.3 Å². The summed E-state index contributed by atoms with van der Waals surface area (Å²) in [5.74, 6) is -0.874. The Morgan fingerprint density at radius 3 is 2.03 bits per heavy atom. The fraction of sp³-hybridized carbons (Fsp3) is 0.267. The summed E-state index contributed by atoms with van der Waals surface area (Å²) < 4.78 is 5.77. The highest BCUT2D eigenvalue weighted by molar-refractivity contribution is 6.51. The van der Waals surface area contributed by atoms with Crippen molar-refractivity contribution in [1.82, 2.24) is 0 Å². The maximum atomic E-state index is 13.3. The molecule has 1 amide bonds. The fourth-order valence-corrected chi connectivity index (χ4v) is 4.29.